The smallest absolute Gasteiger partial charge is 0.355 e. The average molecular weight is 333 g/mol. The van der Waals surface area contributed by atoms with Crippen LogP contribution in [-0.2, 0) is 23.8 Å². The molecule has 0 radical (unpaired) electrons. The molecule has 7 heteroatoms. The molecule has 0 N–H and O–H groups in total. The molecule has 1 aliphatic heterocycles. The van der Waals surface area contributed by atoms with Crippen LogP contribution in [0, 0.1) is 0 Å². The van der Waals surface area contributed by atoms with E-state index in [1.54, 1.807) is 16.2 Å². The summed E-state index contributed by atoms with van der Waals surface area (Å²) in [6, 6.07) is 7.81. The monoisotopic (exact) mass is 333 g/mol. The minimum Gasteiger partial charge on any atom is -0.466 e. The zero-order valence-electron chi connectivity index (χ0n) is 12.7. The zero-order valence-corrected chi connectivity index (χ0v) is 13.5. The third-order valence-corrected chi connectivity index (χ3v) is 4.46. The van der Waals surface area contributed by atoms with E-state index in [1.165, 1.54) is 14.2 Å². The van der Waals surface area contributed by atoms with Crippen molar-refractivity contribution in [3.05, 3.63) is 40.9 Å². The van der Waals surface area contributed by atoms with E-state index in [4.69, 9.17) is 14.2 Å². The van der Waals surface area contributed by atoms with Gasteiger partial charge in [0, 0.05) is 10.4 Å². The summed E-state index contributed by atoms with van der Waals surface area (Å²) in [6.45, 7) is 0.163. The van der Waals surface area contributed by atoms with E-state index in [9.17, 15) is 9.59 Å². The molecule has 0 unspecified atom stereocenters. The number of fused-ring (bicyclic) bond motifs is 1. The van der Waals surface area contributed by atoms with E-state index in [-0.39, 0.29) is 24.6 Å². The number of ether oxygens (including phenoxy) is 3. The third-order valence-electron chi connectivity index (χ3n) is 3.58. The maximum Gasteiger partial charge on any atom is 0.355 e. The van der Waals surface area contributed by atoms with Gasteiger partial charge in [-0.25, -0.2) is 9.59 Å². The first-order chi connectivity index (χ1) is 11.2. The summed E-state index contributed by atoms with van der Waals surface area (Å²) in [6.07, 6.45) is 0. The molecular weight excluding hydrogens is 318 g/mol. The Morgan fingerprint density at radius 3 is 2.70 bits per heavy atom. The highest BCUT2D eigenvalue weighted by atomic mass is 32.1. The molecule has 1 aliphatic rings. The predicted molar refractivity (Wildman–Crippen MR) is 86.2 cm³/mol. The van der Waals surface area contributed by atoms with Gasteiger partial charge >= 0.3 is 11.9 Å². The Morgan fingerprint density at radius 2 is 1.96 bits per heavy atom. The quantitative estimate of drug-likeness (QED) is 0.803. The van der Waals surface area contributed by atoms with Crippen molar-refractivity contribution in [3.8, 4) is 0 Å². The molecule has 0 aliphatic carbocycles. The van der Waals surface area contributed by atoms with Gasteiger partial charge in [-0.3, -0.25) is 0 Å². The number of methoxy groups -OCH3 is 2. The normalized spacial score (nSPS) is 15.0. The molecule has 0 atom stereocenters. The molecule has 0 saturated heterocycles. The lowest BCUT2D eigenvalue weighted by Gasteiger charge is -2.31. The van der Waals surface area contributed by atoms with Crippen molar-refractivity contribution < 1.29 is 23.8 Å². The fourth-order valence-electron chi connectivity index (χ4n) is 2.46. The SMILES string of the molecule is COC(=O)C1=C(C(=O)OC)N(c2ccc3ccsc3c2)COC1. The first kappa shape index (κ1) is 15.5. The summed E-state index contributed by atoms with van der Waals surface area (Å²) in [5.41, 5.74) is 1.06. The summed E-state index contributed by atoms with van der Waals surface area (Å²) in [5, 5.41) is 3.12. The summed E-state index contributed by atoms with van der Waals surface area (Å²) < 4.78 is 16.1. The fraction of sp³-hybridized carbons (Fsp3) is 0.250. The molecule has 2 aromatic rings. The van der Waals surface area contributed by atoms with Crippen molar-refractivity contribution in [1.82, 2.24) is 0 Å². The van der Waals surface area contributed by atoms with Gasteiger partial charge in [-0.15, -0.1) is 11.3 Å². The van der Waals surface area contributed by atoms with Gasteiger partial charge in [0.2, 0.25) is 0 Å². The lowest BCUT2D eigenvalue weighted by atomic mass is 10.1. The molecule has 0 fully saturated rings. The molecule has 6 nitrogen and oxygen atoms in total. The number of hydrogen-bond acceptors (Lipinski definition) is 7. The Labute approximate surface area is 136 Å². The van der Waals surface area contributed by atoms with Gasteiger partial charge in [0.1, 0.15) is 12.4 Å². The second kappa shape index (κ2) is 6.39. The first-order valence-corrected chi connectivity index (χ1v) is 7.76. The molecule has 2 heterocycles. The van der Waals surface area contributed by atoms with Crippen molar-refractivity contribution in [3.63, 3.8) is 0 Å². The van der Waals surface area contributed by atoms with Crippen molar-refractivity contribution in [2.45, 2.75) is 0 Å². The van der Waals surface area contributed by atoms with E-state index >= 15 is 0 Å². The molecule has 120 valence electrons. The lowest BCUT2D eigenvalue weighted by Crippen LogP contribution is -2.38. The van der Waals surface area contributed by atoms with E-state index in [0.29, 0.717) is 0 Å². The van der Waals surface area contributed by atoms with Crippen molar-refractivity contribution in [2.24, 2.45) is 0 Å². The number of carbonyl (C=O) groups excluding carboxylic acids is 2. The van der Waals surface area contributed by atoms with E-state index < -0.39 is 11.9 Å². The summed E-state index contributed by atoms with van der Waals surface area (Å²) >= 11 is 1.60. The van der Waals surface area contributed by atoms with Crippen molar-refractivity contribution >= 4 is 39.0 Å². The third kappa shape index (κ3) is 2.80. The van der Waals surface area contributed by atoms with Crippen LogP contribution in [0.15, 0.2) is 40.9 Å². The number of hydrogen-bond donors (Lipinski definition) is 0. The fourth-order valence-corrected chi connectivity index (χ4v) is 3.28. The standard InChI is InChI=1S/C16H15NO5S/c1-20-15(18)12-8-22-9-17(14(12)16(19)21-2)11-4-3-10-5-6-23-13(10)7-11/h3-7H,8-9H2,1-2H3. The highest BCUT2D eigenvalue weighted by molar-refractivity contribution is 7.17. The Bertz CT molecular complexity index is 795. The highest BCUT2D eigenvalue weighted by Crippen LogP contribution is 2.31. The van der Waals surface area contributed by atoms with Crippen LogP contribution in [0.2, 0.25) is 0 Å². The number of anilines is 1. The topological polar surface area (TPSA) is 65.1 Å². The van der Waals surface area contributed by atoms with Gasteiger partial charge in [-0.1, -0.05) is 6.07 Å². The van der Waals surface area contributed by atoms with Crippen LogP contribution in [-0.4, -0.2) is 39.5 Å². The Balaban J connectivity index is 2.11. The number of nitrogens with zero attached hydrogens (tertiary/aromatic N) is 1. The van der Waals surface area contributed by atoms with E-state index in [2.05, 4.69) is 0 Å². The minimum absolute atomic E-state index is 0.00878. The lowest BCUT2D eigenvalue weighted by molar-refractivity contribution is -0.140. The van der Waals surface area contributed by atoms with Crippen molar-refractivity contribution in [2.75, 3.05) is 32.5 Å². The van der Waals surface area contributed by atoms with Crippen LogP contribution in [0.3, 0.4) is 0 Å². The number of rotatable bonds is 3. The van der Waals surface area contributed by atoms with Gasteiger partial charge in [-0.2, -0.15) is 0 Å². The molecule has 1 aromatic heterocycles. The minimum atomic E-state index is -0.604. The van der Waals surface area contributed by atoms with Crippen LogP contribution >= 0.6 is 11.3 Å². The van der Waals surface area contributed by atoms with Crippen molar-refractivity contribution in [1.29, 1.82) is 0 Å². The molecule has 1 aromatic carbocycles. The van der Waals surface area contributed by atoms with E-state index in [1.807, 2.05) is 29.6 Å². The summed E-state index contributed by atoms with van der Waals surface area (Å²) in [7, 11) is 2.54. The molecule has 0 bridgehead atoms. The van der Waals surface area contributed by atoms with Gasteiger partial charge in [0.25, 0.3) is 0 Å². The summed E-state index contributed by atoms with van der Waals surface area (Å²) in [5.74, 6) is -1.20. The molecule has 0 saturated carbocycles. The highest BCUT2D eigenvalue weighted by Gasteiger charge is 2.32. The average Bonchev–Trinajstić information content (AvgIpc) is 3.07. The number of thiophene rings is 1. The Hall–Kier alpha value is -2.38. The summed E-state index contributed by atoms with van der Waals surface area (Å²) in [4.78, 5) is 25.8. The van der Waals surface area contributed by atoms with Gasteiger partial charge < -0.3 is 19.1 Å². The number of esters is 2. The number of benzene rings is 1. The maximum absolute atomic E-state index is 12.2. The van der Waals surface area contributed by atoms with Crippen LogP contribution in [0.25, 0.3) is 10.1 Å². The van der Waals surface area contributed by atoms with Crippen LogP contribution in [0.4, 0.5) is 5.69 Å². The predicted octanol–water partition coefficient (Wildman–Crippen LogP) is 2.30. The second-order valence-corrected chi connectivity index (χ2v) is 5.81. The zero-order chi connectivity index (χ0) is 16.4. The van der Waals surface area contributed by atoms with E-state index in [0.717, 1.165) is 15.8 Å². The molecule has 3 rings (SSSR count). The van der Waals surface area contributed by atoms with Gasteiger partial charge in [-0.05, 0) is 29.0 Å². The van der Waals surface area contributed by atoms with Crippen LogP contribution in [0.5, 0.6) is 0 Å². The molecule has 0 spiro atoms. The Morgan fingerprint density at radius 1 is 1.17 bits per heavy atom. The molecular formula is C16H15NO5S. The first-order valence-electron chi connectivity index (χ1n) is 6.88. The van der Waals surface area contributed by atoms with Crippen LogP contribution in [0.1, 0.15) is 0 Å². The maximum atomic E-state index is 12.2. The number of carbonyl (C=O) groups is 2. The van der Waals surface area contributed by atoms with Gasteiger partial charge in [0.05, 0.1) is 26.4 Å². The Kier molecular flexibility index (Phi) is 4.31. The van der Waals surface area contributed by atoms with Gasteiger partial charge in [0.15, 0.2) is 0 Å². The second-order valence-electron chi connectivity index (χ2n) is 4.86. The van der Waals surface area contributed by atoms with Crippen LogP contribution < -0.4 is 4.90 Å². The molecule has 0 amide bonds. The molecule has 23 heavy (non-hydrogen) atoms. The largest absolute Gasteiger partial charge is 0.466 e.